The Hall–Kier alpha value is -1.45. The van der Waals surface area contributed by atoms with Crippen molar-refractivity contribution in [2.75, 3.05) is 7.11 Å². The molecule has 0 bridgehead atoms. The van der Waals surface area contributed by atoms with E-state index in [1.807, 2.05) is 24.3 Å². The largest absolute Gasteiger partial charge is 0.496 e. The molecule has 2 rings (SSSR count). The van der Waals surface area contributed by atoms with Gasteiger partial charge in [-0.05, 0) is 36.8 Å². The fourth-order valence-corrected chi connectivity index (χ4v) is 2.08. The van der Waals surface area contributed by atoms with Crippen molar-refractivity contribution in [3.63, 3.8) is 0 Å². The maximum absolute atomic E-state index is 6.18. The number of rotatable bonds is 5. The third-order valence-electron chi connectivity index (χ3n) is 2.87. The number of nitrogens with two attached hydrogens (primary N) is 1. The van der Waals surface area contributed by atoms with E-state index in [1.54, 1.807) is 19.4 Å². The van der Waals surface area contributed by atoms with Gasteiger partial charge in [0.2, 0.25) is 0 Å². The molecule has 0 aliphatic rings. The lowest BCUT2D eigenvalue weighted by Crippen LogP contribution is -2.12. The summed E-state index contributed by atoms with van der Waals surface area (Å²) in [4.78, 5) is 0. The summed E-state index contributed by atoms with van der Waals surface area (Å²) in [5, 5.41) is 0.666. The molecule has 0 saturated carbocycles. The van der Waals surface area contributed by atoms with Crippen molar-refractivity contribution in [1.82, 2.24) is 0 Å². The number of methoxy groups -OCH3 is 1. The Morgan fingerprint density at radius 2 is 2.22 bits per heavy atom. The molecular formula is C14H16ClNO2. The Bertz CT molecular complexity index is 497. The molecule has 2 aromatic rings. The summed E-state index contributed by atoms with van der Waals surface area (Å²) in [7, 11) is 1.63. The monoisotopic (exact) mass is 265 g/mol. The number of aryl methyl sites for hydroxylation is 1. The maximum atomic E-state index is 6.18. The van der Waals surface area contributed by atoms with Gasteiger partial charge < -0.3 is 14.9 Å². The van der Waals surface area contributed by atoms with Crippen molar-refractivity contribution in [3.05, 3.63) is 52.9 Å². The van der Waals surface area contributed by atoms with Crippen molar-refractivity contribution in [2.45, 2.75) is 18.9 Å². The van der Waals surface area contributed by atoms with Crippen LogP contribution in [-0.4, -0.2) is 7.11 Å². The molecule has 96 valence electrons. The lowest BCUT2D eigenvalue weighted by Gasteiger charge is -2.15. The van der Waals surface area contributed by atoms with Gasteiger partial charge in [0, 0.05) is 23.0 Å². The number of benzene rings is 1. The molecular weight excluding hydrogens is 250 g/mol. The van der Waals surface area contributed by atoms with Gasteiger partial charge in [-0.2, -0.15) is 0 Å². The molecule has 0 spiro atoms. The Morgan fingerprint density at radius 3 is 2.89 bits per heavy atom. The third kappa shape index (κ3) is 3.06. The zero-order valence-electron chi connectivity index (χ0n) is 10.2. The van der Waals surface area contributed by atoms with Crippen molar-refractivity contribution >= 4 is 11.6 Å². The highest BCUT2D eigenvalue weighted by atomic mass is 35.5. The van der Waals surface area contributed by atoms with Crippen molar-refractivity contribution in [2.24, 2.45) is 5.73 Å². The minimum absolute atomic E-state index is 0.122. The molecule has 0 saturated heterocycles. The van der Waals surface area contributed by atoms with Gasteiger partial charge in [0.1, 0.15) is 11.5 Å². The number of ether oxygens (including phenoxy) is 1. The zero-order valence-corrected chi connectivity index (χ0v) is 11.0. The third-order valence-corrected chi connectivity index (χ3v) is 3.11. The summed E-state index contributed by atoms with van der Waals surface area (Å²) in [5.74, 6) is 1.71. The van der Waals surface area contributed by atoms with E-state index in [2.05, 4.69) is 0 Å². The minimum atomic E-state index is -0.122. The van der Waals surface area contributed by atoms with E-state index in [-0.39, 0.29) is 6.04 Å². The summed E-state index contributed by atoms with van der Waals surface area (Å²) in [6, 6.07) is 9.19. The van der Waals surface area contributed by atoms with Crippen LogP contribution in [-0.2, 0) is 6.42 Å². The molecule has 0 fully saturated rings. The molecule has 1 aromatic carbocycles. The highest BCUT2D eigenvalue weighted by Crippen LogP contribution is 2.29. The summed E-state index contributed by atoms with van der Waals surface area (Å²) < 4.78 is 10.6. The SMILES string of the molecule is COc1ccc(Cl)cc1C(N)CCc1ccco1. The van der Waals surface area contributed by atoms with Gasteiger partial charge in [0.15, 0.2) is 0 Å². The lowest BCUT2D eigenvalue weighted by molar-refractivity contribution is 0.403. The Balaban J connectivity index is 2.08. The predicted octanol–water partition coefficient (Wildman–Crippen LogP) is 3.57. The summed E-state index contributed by atoms with van der Waals surface area (Å²) in [5.41, 5.74) is 7.10. The first-order valence-corrected chi connectivity index (χ1v) is 6.20. The Labute approximate surface area is 111 Å². The molecule has 1 unspecified atom stereocenters. The van der Waals surface area contributed by atoms with Gasteiger partial charge in [-0.15, -0.1) is 0 Å². The predicted molar refractivity (Wildman–Crippen MR) is 72.0 cm³/mol. The van der Waals surface area contributed by atoms with Crippen LogP contribution < -0.4 is 10.5 Å². The second-order valence-corrected chi connectivity index (χ2v) is 4.55. The highest BCUT2D eigenvalue weighted by molar-refractivity contribution is 6.30. The van der Waals surface area contributed by atoms with Gasteiger partial charge in [0.25, 0.3) is 0 Å². The molecule has 18 heavy (non-hydrogen) atoms. The molecule has 0 aliphatic carbocycles. The van der Waals surface area contributed by atoms with Gasteiger partial charge in [-0.3, -0.25) is 0 Å². The van der Waals surface area contributed by atoms with Crippen LogP contribution in [0.15, 0.2) is 41.0 Å². The standard InChI is InChI=1S/C14H16ClNO2/c1-17-14-7-4-10(15)9-12(14)13(16)6-5-11-3-2-8-18-11/h2-4,7-9,13H,5-6,16H2,1H3. The molecule has 1 aromatic heterocycles. The molecule has 0 radical (unpaired) electrons. The average molecular weight is 266 g/mol. The first-order chi connectivity index (χ1) is 8.70. The van der Waals surface area contributed by atoms with Crippen LogP contribution in [0.4, 0.5) is 0 Å². The molecule has 3 nitrogen and oxygen atoms in total. The minimum Gasteiger partial charge on any atom is -0.496 e. The van der Waals surface area contributed by atoms with Gasteiger partial charge in [-0.1, -0.05) is 11.6 Å². The van der Waals surface area contributed by atoms with Crippen LogP contribution in [0.5, 0.6) is 5.75 Å². The lowest BCUT2D eigenvalue weighted by atomic mass is 10.0. The fraction of sp³-hybridized carbons (Fsp3) is 0.286. The van der Waals surface area contributed by atoms with E-state index < -0.39 is 0 Å². The first-order valence-electron chi connectivity index (χ1n) is 5.82. The molecule has 2 N–H and O–H groups in total. The molecule has 0 amide bonds. The van der Waals surface area contributed by atoms with Gasteiger partial charge >= 0.3 is 0 Å². The van der Waals surface area contributed by atoms with Crippen LogP contribution in [0.25, 0.3) is 0 Å². The summed E-state index contributed by atoms with van der Waals surface area (Å²) in [6.45, 7) is 0. The van der Waals surface area contributed by atoms with Crippen molar-refractivity contribution in [1.29, 1.82) is 0 Å². The van der Waals surface area contributed by atoms with E-state index in [0.29, 0.717) is 5.02 Å². The number of hydrogen-bond donors (Lipinski definition) is 1. The second kappa shape index (κ2) is 5.94. The normalized spacial score (nSPS) is 12.4. The quantitative estimate of drug-likeness (QED) is 0.899. The Kier molecular flexibility index (Phi) is 4.28. The van der Waals surface area contributed by atoms with Crippen LogP contribution in [0.2, 0.25) is 5.02 Å². The van der Waals surface area contributed by atoms with Gasteiger partial charge in [0.05, 0.1) is 13.4 Å². The van der Waals surface area contributed by atoms with Crippen molar-refractivity contribution < 1.29 is 9.15 Å². The van der Waals surface area contributed by atoms with Crippen molar-refractivity contribution in [3.8, 4) is 5.75 Å². The average Bonchev–Trinajstić information content (AvgIpc) is 2.89. The zero-order chi connectivity index (χ0) is 13.0. The first kappa shape index (κ1) is 13.0. The van der Waals surface area contributed by atoms with Gasteiger partial charge in [-0.25, -0.2) is 0 Å². The topological polar surface area (TPSA) is 48.4 Å². The fourth-order valence-electron chi connectivity index (χ4n) is 1.90. The molecule has 0 aliphatic heterocycles. The molecule has 1 atom stereocenters. The van der Waals surface area contributed by atoms with E-state index in [1.165, 1.54) is 0 Å². The molecule has 4 heteroatoms. The summed E-state index contributed by atoms with van der Waals surface area (Å²) >= 11 is 5.99. The summed E-state index contributed by atoms with van der Waals surface area (Å²) in [6.07, 6.45) is 3.24. The number of halogens is 1. The van der Waals surface area contributed by atoms with E-state index >= 15 is 0 Å². The number of furan rings is 1. The van der Waals surface area contributed by atoms with E-state index in [9.17, 15) is 0 Å². The molecule has 1 heterocycles. The van der Waals surface area contributed by atoms with Crippen LogP contribution in [0.1, 0.15) is 23.8 Å². The van der Waals surface area contributed by atoms with E-state index in [0.717, 1.165) is 29.9 Å². The highest BCUT2D eigenvalue weighted by Gasteiger charge is 2.13. The maximum Gasteiger partial charge on any atom is 0.123 e. The Morgan fingerprint density at radius 1 is 1.39 bits per heavy atom. The smallest absolute Gasteiger partial charge is 0.123 e. The van der Waals surface area contributed by atoms with Crippen LogP contribution in [0, 0.1) is 0 Å². The van der Waals surface area contributed by atoms with Crippen LogP contribution in [0.3, 0.4) is 0 Å². The van der Waals surface area contributed by atoms with Crippen LogP contribution >= 0.6 is 11.6 Å². The van der Waals surface area contributed by atoms with E-state index in [4.69, 9.17) is 26.5 Å². The second-order valence-electron chi connectivity index (χ2n) is 4.11. The number of hydrogen-bond acceptors (Lipinski definition) is 3.